The zero-order valence-corrected chi connectivity index (χ0v) is 10.5. The molecule has 0 atom stereocenters. The maximum atomic E-state index is 4.60. The molecule has 2 rings (SSSR count). The quantitative estimate of drug-likeness (QED) is 0.923. The van der Waals surface area contributed by atoms with Gasteiger partial charge in [0, 0.05) is 24.5 Å². The Balaban J connectivity index is 2.44. The third-order valence-electron chi connectivity index (χ3n) is 2.53. The second kappa shape index (κ2) is 4.33. The molecule has 1 heterocycles. The number of halogens is 1. The Labute approximate surface area is 97.6 Å². The molecule has 0 aliphatic heterocycles. The number of aromatic nitrogens is 2. The fourth-order valence-corrected chi connectivity index (χ4v) is 2.03. The third-order valence-corrected chi connectivity index (χ3v) is 3.03. The molecule has 2 aromatic rings. The lowest BCUT2D eigenvalue weighted by atomic mass is 10.3. The molecule has 80 valence electrons. The van der Waals surface area contributed by atoms with Gasteiger partial charge in [-0.05, 0) is 25.2 Å². The first-order chi connectivity index (χ1) is 7.22. The summed E-state index contributed by atoms with van der Waals surface area (Å²) in [4.78, 5) is 4.60. The summed E-state index contributed by atoms with van der Waals surface area (Å²) in [7, 11) is 4.02. The maximum absolute atomic E-state index is 4.60. The number of rotatable bonds is 3. The molecule has 0 saturated heterocycles. The summed E-state index contributed by atoms with van der Waals surface area (Å²) in [5, 5.41) is 3.14. The minimum Gasteiger partial charge on any atom is -0.331 e. The molecule has 0 unspecified atom stereocenters. The van der Waals surface area contributed by atoms with Gasteiger partial charge in [0.25, 0.3) is 0 Å². The molecule has 0 saturated carbocycles. The molecule has 0 amide bonds. The summed E-state index contributed by atoms with van der Waals surface area (Å²) in [6.45, 7) is 0.957. The van der Waals surface area contributed by atoms with Crippen molar-refractivity contribution >= 4 is 27.0 Å². The highest BCUT2D eigenvalue weighted by Crippen LogP contribution is 2.19. The fourth-order valence-electron chi connectivity index (χ4n) is 1.68. The first-order valence-corrected chi connectivity index (χ1v) is 5.77. The molecule has 0 radical (unpaired) electrons. The SMILES string of the molecule is CNCCc1nc2cc(Br)ccc2n1C. The number of hydrogen-bond acceptors (Lipinski definition) is 2. The Kier molecular flexibility index (Phi) is 3.07. The summed E-state index contributed by atoms with van der Waals surface area (Å²) in [5.41, 5.74) is 2.24. The van der Waals surface area contributed by atoms with Crippen molar-refractivity contribution in [2.24, 2.45) is 7.05 Å². The molecule has 1 aromatic heterocycles. The van der Waals surface area contributed by atoms with Crippen LogP contribution in [-0.2, 0) is 13.5 Å². The van der Waals surface area contributed by atoms with E-state index >= 15 is 0 Å². The van der Waals surface area contributed by atoms with Gasteiger partial charge in [0.15, 0.2) is 0 Å². The largest absolute Gasteiger partial charge is 0.331 e. The molecule has 1 aromatic carbocycles. The van der Waals surface area contributed by atoms with E-state index in [4.69, 9.17) is 0 Å². The maximum Gasteiger partial charge on any atom is 0.110 e. The fraction of sp³-hybridized carbons (Fsp3) is 0.364. The zero-order chi connectivity index (χ0) is 10.8. The number of aryl methyl sites for hydroxylation is 1. The van der Waals surface area contributed by atoms with E-state index in [-0.39, 0.29) is 0 Å². The minimum atomic E-state index is 0.957. The van der Waals surface area contributed by atoms with Gasteiger partial charge in [-0.25, -0.2) is 4.98 Å². The van der Waals surface area contributed by atoms with Crippen molar-refractivity contribution in [3.05, 3.63) is 28.5 Å². The van der Waals surface area contributed by atoms with Crippen molar-refractivity contribution < 1.29 is 0 Å². The van der Waals surface area contributed by atoms with Crippen molar-refractivity contribution in [3.8, 4) is 0 Å². The second-order valence-electron chi connectivity index (χ2n) is 3.57. The van der Waals surface area contributed by atoms with Gasteiger partial charge in [0.2, 0.25) is 0 Å². The number of nitrogens with one attached hydrogen (secondary N) is 1. The summed E-state index contributed by atoms with van der Waals surface area (Å²) in [6.07, 6.45) is 0.958. The second-order valence-corrected chi connectivity index (χ2v) is 4.49. The van der Waals surface area contributed by atoms with Crippen LogP contribution in [0.4, 0.5) is 0 Å². The minimum absolute atomic E-state index is 0.957. The van der Waals surface area contributed by atoms with Crippen LogP contribution in [0.3, 0.4) is 0 Å². The van der Waals surface area contributed by atoms with Crippen LogP contribution in [0.1, 0.15) is 5.82 Å². The van der Waals surface area contributed by atoms with Crippen LogP contribution in [0.25, 0.3) is 11.0 Å². The lowest BCUT2D eigenvalue weighted by molar-refractivity contribution is 0.726. The Hall–Kier alpha value is -0.870. The Morgan fingerprint density at radius 1 is 1.47 bits per heavy atom. The average Bonchev–Trinajstić information content (AvgIpc) is 2.52. The Bertz CT molecular complexity index is 476. The summed E-state index contributed by atoms with van der Waals surface area (Å²) in [5.74, 6) is 1.12. The van der Waals surface area contributed by atoms with Gasteiger partial charge in [0.1, 0.15) is 5.82 Å². The molecule has 0 bridgehead atoms. The summed E-state index contributed by atoms with van der Waals surface area (Å²) in [6, 6.07) is 6.19. The summed E-state index contributed by atoms with van der Waals surface area (Å²) < 4.78 is 3.23. The van der Waals surface area contributed by atoms with Gasteiger partial charge >= 0.3 is 0 Å². The molecule has 0 aliphatic rings. The molecule has 15 heavy (non-hydrogen) atoms. The van der Waals surface area contributed by atoms with Crippen LogP contribution in [0.15, 0.2) is 22.7 Å². The van der Waals surface area contributed by atoms with Crippen LogP contribution >= 0.6 is 15.9 Å². The first-order valence-electron chi connectivity index (χ1n) is 4.98. The number of hydrogen-bond donors (Lipinski definition) is 1. The van der Waals surface area contributed by atoms with Crippen LogP contribution in [0.5, 0.6) is 0 Å². The van der Waals surface area contributed by atoms with E-state index in [1.807, 2.05) is 13.1 Å². The van der Waals surface area contributed by atoms with Crippen LogP contribution in [0.2, 0.25) is 0 Å². The van der Waals surface area contributed by atoms with Gasteiger partial charge in [-0.2, -0.15) is 0 Å². The predicted octanol–water partition coefficient (Wildman–Crippen LogP) is 2.10. The normalized spacial score (nSPS) is 11.1. The van der Waals surface area contributed by atoms with Crippen molar-refractivity contribution in [3.63, 3.8) is 0 Å². The number of likely N-dealkylation sites (N-methyl/N-ethyl adjacent to an activating group) is 1. The van der Waals surface area contributed by atoms with Crippen molar-refractivity contribution in [2.75, 3.05) is 13.6 Å². The van der Waals surface area contributed by atoms with E-state index < -0.39 is 0 Å². The zero-order valence-electron chi connectivity index (χ0n) is 8.92. The number of nitrogens with zero attached hydrogens (tertiary/aromatic N) is 2. The lowest BCUT2D eigenvalue weighted by Gasteiger charge is -2.01. The van der Waals surface area contributed by atoms with E-state index in [1.165, 1.54) is 5.52 Å². The average molecular weight is 268 g/mol. The molecule has 1 N–H and O–H groups in total. The van der Waals surface area contributed by atoms with Gasteiger partial charge in [-0.15, -0.1) is 0 Å². The van der Waals surface area contributed by atoms with Gasteiger partial charge in [-0.3, -0.25) is 0 Å². The first kappa shape index (κ1) is 10.6. The molecular weight excluding hydrogens is 254 g/mol. The van der Waals surface area contributed by atoms with Crippen LogP contribution in [0, 0.1) is 0 Å². The van der Waals surface area contributed by atoms with E-state index in [0.717, 1.165) is 28.8 Å². The highest BCUT2D eigenvalue weighted by Gasteiger charge is 2.06. The van der Waals surface area contributed by atoms with Crippen molar-refractivity contribution in [1.82, 2.24) is 14.9 Å². The highest BCUT2D eigenvalue weighted by molar-refractivity contribution is 9.10. The number of benzene rings is 1. The monoisotopic (exact) mass is 267 g/mol. The van der Waals surface area contributed by atoms with Crippen LogP contribution in [-0.4, -0.2) is 23.1 Å². The van der Waals surface area contributed by atoms with Crippen molar-refractivity contribution in [1.29, 1.82) is 0 Å². The molecule has 0 fully saturated rings. The molecular formula is C11H14BrN3. The predicted molar refractivity (Wildman–Crippen MR) is 66.0 cm³/mol. The van der Waals surface area contributed by atoms with E-state index in [2.05, 4.69) is 50.0 Å². The van der Waals surface area contributed by atoms with E-state index in [9.17, 15) is 0 Å². The Morgan fingerprint density at radius 3 is 3.00 bits per heavy atom. The smallest absolute Gasteiger partial charge is 0.110 e. The Morgan fingerprint density at radius 2 is 2.27 bits per heavy atom. The highest BCUT2D eigenvalue weighted by atomic mass is 79.9. The topological polar surface area (TPSA) is 29.9 Å². The van der Waals surface area contributed by atoms with E-state index in [1.54, 1.807) is 0 Å². The molecule has 0 spiro atoms. The lowest BCUT2D eigenvalue weighted by Crippen LogP contribution is -2.12. The number of imidazole rings is 1. The van der Waals surface area contributed by atoms with Gasteiger partial charge in [-0.1, -0.05) is 15.9 Å². The van der Waals surface area contributed by atoms with Crippen LogP contribution < -0.4 is 5.32 Å². The standard InChI is InChI=1S/C11H14BrN3/c1-13-6-5-11-14-9-7-8(12)3-4-10(9)15(11)2/h3-4,7,13H,5-6H2,1-2H3. The molecule has 4 heteroatoms. The van der Waals surface area contributed by atoms with E-state index in [0.29, 0.717) is 0 Å². The third kappa shape index (κ3) is 2.06. The summed E-state index contributed by atoms with van der Waals surface area (Å²) >= 11 is 3.46. The van der Waals surface area contributed by atoms with Crippen molar-refractivity contribution in [2.45, 2.75) is 6.42 Å². The van der Waals surface area contributed by atoms with Gasteiger partial charge < -0.3 is 9.88 Å². The van der Waals surface area contributed by atoms with Gasteiger partial charge in [0.05, 0.1) is 11.0 Å². The molecule has 0 aliphatic carbocycles. The molecule has 3 nitrogen and oxygen atoms in total. The number of fused-ring (bicyclic) bond motifs is 1.